The standard InChI is InChI=1S/C4H10N2.2HNO3/c1-2-6-4-3-5-1;2*2-1(3)4/h5-6H,1-4H2;2*(H,2,3,4). The average Bonchev–Trinajstić information content (AvgIpc) is 2.05. The maximum atomic E-state index is 8.36. The van der Waals surface area contributed by atoms with E-state index in [1.165, 1.54) is 0 Å². The summed E-state index contributed by atoms with van der Waals surface area (Å²) >= 11 is 0. The lowest BCUT2D eigenvalue weighted by Gasteiger charge is -2.11. The van der Waals surface area contributed by atoms with Gasteiger partial charge in [-0.2, -0.15) is 0 Å². The van der Waals surface area contributed by atoms with Gasteiger partial charge in [0.2, 0.25) is 0 Å². The van der Waals surface area contributed by atoms with E-state index in [-0.39, 0.29) is 0 Å². The SMILES string of the molecule is C1CNCCN1.O=[N+]([O-])O.O=[N+]([O-])O. The Bertz CT molecular complexity index is 128. The number of hydrogen-bond acceptors (Lipinski definition) is 6. The van der Waals surface area contributed by atoms with Gasteiger partial charge in [0.25, 0.3) is 10.2 Å². The molecule has 4 N–H and O–H groups in total. The van der Waals surface area contributed by atoms with Crippen LogP contribution in [0, 0.1) is 20.2 Å². The molecule has 1 rings (SSSR count). The molecule has 0 bridgehead atoms. The van der Waals surface area contributed by atoms with Gasteiger partial charge in [0, 0.05) is 26.2 Å². The Morgan fingerprint density at radius 3 is 1.07 bits per heavy atom. The molecule has 0 aromatic carbocycles. The summed E-state index contributed by atoms with van der Waals surface area (Å²) in [6, 6.07) is 0. The van der Waals surface area contributed by atoms with Crippen molar-refractivity contribution in [3.05, 3.63) is 20.2 Å². The summed E-state index contributed by atoms with van der Waals surface area (Å²) < 4.78 is 0. The highest BCUT2D eigenvalue weighted by molar-refractivity contribution is 4.59. The molecule has 1 saturated heterocycles. The molecule has 0 aromatic rings. The third kappa shape index (κ3) is 48.0. The van der Waals surface area contributed by atoms with E-state index in [4.69, 9.17) is 30.6 Å². The smallest absolute Gasteiger partial charge is 0.291 e. The fourth-order valence-electron chi connectivity index (χ4n) is 0.604. The van der Waals surface area contributed by atoms with Gasteiger partial charge in [-0.1, -0.05) is 0 Å². The fourth-order valence-corrected chi connectivity index (χ4v) is 0.604. The molecule has 1 aliphatic rings. The molecule has 1 aliphatic heterocycles. The second-order valence-corrected chi connectivity index (χ2v) is 1.98. The van der Waals surface area contributed by atoms with Gasteiger partial charge in [-0.05, 0) is 0 Å². The topological polar surface area (TPSA) is 151 Å². The molecule has 10 nitrogen and oxygen atoms in total. The fraction of sp³-hybridized carbons (Fsp3) is 1.00. The first-order valence-electron chi connectivity index (χ1n) is 3.54. The molecule has 14 heavy (non-hydrogen) atoms. The highest BCUT2D eigenvalue weighted by atomic mass is 16.9. The molecule has 0 aromatic heterocycles. The Kier molecular flexibility index (Phi) is 12.0. The molecule has 0 saturated carbocycles. The van der Waals surface area contributed by atoms with Gasteiger partial charge in [0.15, 0.2) is 0 Å². The third-order valence-electron chi connectivity index (χ3n) is 0.957. The first-order chi connectivity index (χ1) is 6.46. The van der Waals surface area contributed by atoms with Gasteiger partial charge in [-0.25, -0.2) is 0 Å². The van der Waals surface area contributed by atoms with E-state index in [1.807, 2.05) is 0 Å². The summed E-state index contributed by atoms with van der Waals surface area (Å²) in [6.07, 6.45) is 0. The predicted octanol–water partition coefficient (Wildman–Crippen LogP) is -1.52. The van der Waals surface area contributed by atoms with Crippen molar-refractivity contribution in [2.45, 2.75) is 0 Å². The first kappa shape index (κ1) is 14.8. The van der Waals surface area contributed by atoms with Crippen molar-refractivity contribution in [1.82, 2.24) is 10.6 Å². The Balaban J connectivity index is 0. The van der Waals surface area contributed by atoms with E-state index in [0.717, 1.165) is 26.2 Å². The normalized spacial score (nSPS) is 13.7. The largest absolute Gasteiger partial charge is 0.328 e. The van der Waals surface area contributed by atoms with Crippen LogP contribution >= 0.6 is 0 Å². The molecule has 0 aliphatic carbocycles. The predicted molar refractivity (Wildman–Crippen MR) is 43.3 cm³/mol. The molecule has 1 fully saturated rings. The first-order valence-corrected chi connectivity index (χ1v) is 3.54. The number of nitrogens with one attached hydrogen (secondary N) is 2. The summed E-state index contributed by atoms with van der Waals surface area (Å²) in [5.41, 5.74) is 0. The van der Waals surface area contributed by atoms with Crippen LogP contribution in [0.3, 0.4) is 0 Å². The van der Waals surface area contributed by atoms with Gasteiger partial charge in [0.05, 0.1) is 0 Å². The van der Waals surface area contributed by atoms with Crippen molar-refractivity contribution in [3.63, 3.8) is 0 Å². The minimum absolute atomic E-state index is 1.14. The van der Waals surface area contributed by atoms with E-state index >= 15 is 0 Å². The molecular weight excluding hydrogens is 200 g/mol. The highest BCUT2D eigenvalue weighted by Gasteiger charge is 1.91. The van der Waals surface area contributed by atoms with E-state index in [9.17, 15) is 0 Å². The lowest BCUT2D eigenvalue weighted by molar-refractivity contribution is -0.742. The van der Waals surface area contributed by atoms with Crippen molar-refractivity contribution in [2.75, 3.05) is 26.2 Å². The highest BCUT2D eigenvalue weighted by Crippen LogP contribution is 1.65. The molecular formula is C4H12N4O6. The summed E-state index contributed by atoms with van der Waals surface area (Å²) in [7, 11) is 0. The lowest BCUT2D eigenvalue weighted by atomic mass is 10.4. The van der Waals surface area contributed by atoms with Gasteiger partial charge < -0.3 is 21.0 Å². The summed E-state index contributed by atoms with van der Waals surface area (Å²) in [5.74, 6) is 0. The quantitative estimate of drug-likeness (QED) is 0.279. The number of rotatable bonds is 0. The van der Waals surface area contributed by atoms with Crippen LogP contribution in [0.2, 0.25) is 0 Å². The maximum absolute atomic E-state index is 8.36. The van der Waals surface area contributed by atoms with Crippen molar-refractivity contribution in [1.29, 1.82) is 0 Å². The van der Waals surface area contributed by atoms with Crippen LogP contribution in [-0.2, 0) is 0 Å². The lowest BCUT2D eigenvalue weighted by Crippen LogP contribution is -2.39. The number of piperazine rings is 1. The monoisotopic (exact) mass is 212 g/mol. The second-order valence-electron chi connectivity index (χ2n) is 1.98. The van der Waals surface area contributed by atoms with E-state index in [1.54, 1.807) is 0 Å². The molecule has 0 unspecified atom stereocenters. The van der Waals surface area contributed by atoms with Crippen LogP contribution in [0.1, 0.15) is 0 Å². The van der Waals surface area contributed by atoms with Gasteiger partial charge in [0.1, 0.15) is 0 Å². The minimum atomic E-state index is -1.50. The Morgan fingerprint density at radius 2 is 1.00 bits per heavy atom. The van der Waals surface area contributed by atoms with Crippen LogP contribution in [0.4, 0.5) is 0 Å². The summed E-state index contributed by atoms with van der Waals surface area (Å²) in [4.78, 5) is 16.7. The van der Waals surface area contributed by atoms with Crippen LogP contribution in [-0.4, -0.2) is 46.8 Å². The zero-order valence-electron chi connectivity index (χ0n) is 7.25. The third-order valence-corrected chi connectivity index (χ3v) is 0.957. The Morgan fingerprint density at radius 1 is 0.857 bits per heavy atom. The molecule has 0 amide bonds. The van der Waals surface area contributed by atoms with Crippen LogP contribution < -0.4 is 10.6 Å². The van der Waals surface area contributed by atoms with E-state index in [2.05, 4.69) is 10.6 Å². The van der Waals surface area contributed by atoms with Crippen LogP contribution in [0.5, 0.6) is 0 Å². The molecule has 10 heteroatoms. The Hall–Kier alpha value is -1.68. The van der Waals surface area contributed by atoms with Crippen molar-refractivity contribution in [3.8, 4) is 0 Å². The van der Waals surface area contributed by atoms with E-state index in [0.29, 0.717) is 0 Å². The van der Waals surface area contributed by atoms with Crippen molar-refractivity contribution >= 4 is 0 Å². The molecule has 1 heterocycles. The van der Waals surface area contributed by atoms with Gasteiger partial charge >= 0.3 is 0 Å². The van der Waals surface area contributed by atoms with Crippen LogP contribution in [0.25, 0.3) is 0 Å². The maximum Gasteiger partial charge on any atom is 0.291 e. The number of nitrogens with zero attached hydrogens (tertiary/aromatic N) is 2. The molecule has 0 atom stereocenters. The van der Waals surface area contributed by atoms with Crippen LogP contribution in [0.15, 0.2) is 0 Å². The zero-order valence-corrected chi connectivity index (χ0v) is 7.25. The molecule has 0 radical (unpaired) electrons. The average molecular weight is 212 g/mol. The minimum Gasteiger partial charge on any atom is -0.328 e. The van der Waals surface area contributed by atoms with Gasteiger partial charge in [-0.3, -0.25) is 0 Å². The number of hydrogen-bond donors (Lipinski definition) is 4. The second kappa shape index (κ2) is 11.3. The molecule has 84 valence electrons. The Labute approximate surface area is 78.7 Å². The van der Waals surface area contributed by atoms with E-state index < -0.39 is 10.2 Å². The van der Waals surface area contributed by atoms with Crippen molar-refractivity contribution in [2.24, 2.45) is 0 Å². The summed E-state index contributed by atoms with van der Waals surface area (Å²) in [6.45, 7) is 4.56. The molecule has 0 spiro atoms. The van der Waals surface area contributed by atoms with Crippen molar-refractivity contribution < 1.29 is 20.6 Å². The van der Waals surface area contributed by atoms with Gasteiger partial charge in [-0.15, -0.1) is 20.2 Å². The zero-order chi connectivity index (χ0) is 11.4. The summed E-state index contributed by atoms with van der Waals surface area (Å²) in [5, 5.41) is 33.7.